The van der Waals surface area contributed by atoms with E-state index < -0.39 is 11.8 Å². The van der Waals surface area contributed by atoms with Crippen molar-refractivity contribution in [2.75, 3.05) is 20.8 Å². The van der Waals surface area contributed by atoms with E-state index in [0.717, 1.165) is 0 Å². The molecule has 0 aromatic heterocycles. The lowest BCUT2D eigenvalue weighted by molar-refractivity contribution is 0.0600. The summed E-state index contributed by atoms with van der Waals surface area (Å²) in [5.41, 5.74) is 0.669. The van der Waals surface area contributed by atoms with Crippen molar-refractivity contribution in [1.29, 1.82) is 0 Å². The maximum atomic E-state index is 13.8. The first kappa shape index (κ1) is 14.6. The number of rotatable bonds is 5. The minimum Gasteiger partial charge on any atom is -0.465 e. The third kappa shape index (κ3) is 3.51. The lowest BCUT2D eigenvalue weighted by Crippen LogP contribution is -2.31. The van der Waals surface area contributed by atoms with E-state index in [1.165, 1.54) is 19.2 Å². The van der Waals surface area contributed by atoms with Crippen molar-refractivity contribution < 1.29 is 19.0 Å². The number of methoxy groups -OCH3 is 1. The number of carbonyl (C=O) groups excluding carboxylic acids is 1. The van der Waals surface area contributed by atoms with E-state index in [9.17, 15) is 9.18 Å². The van der Waals surface area contributed by atoms with Crippen LogP contribution in [0, 0.1) is 5.82 Å². The lowest BCUT2D eigenvalue weighted by Gasteiger charge is -2.23. The molecule has 1 N–H and O–H groups in total. The molecule has 1 aromatic carbocycles. The number of esters is 1. The Morgan fingerprint density at radius 1 is 1.56 bits per heavy atom. The third-order valence-corrected chi connectivity index (χ3v) is 2.91. The normalized spacial score (nSPS) is 12.6. The summed E-state index contributed by atoms with van der Waals surface area (Å²) >= 11 is 0. The fraction of sp³-hybridized carbons (Fsp3) is 0.462. The van der Waals surface area contributed by atoms with E-state index in [2.05, 4.69) is 4.74 Å². The van der Waals surface area contributed by atoms with Gasteiger partial charge in [-0.15, -0.1) is 0 Å². The van der Waals surface area contributed by atoms with Gasteiger partial charge in [-0.2, -0.15) is 0 Å². The molecule has 18 heavy (non-hydrogen) atoms. The van der Waals surface area contributed by atoms with Crippen LogP contribution in [0.1, 0.15) is 22.8 Å². The lowest BCUT2D eigenvalue weighted by atomic mass is 10.1. The maximum Gasteiger partial charge on any atom is 0.337 e. The standard InChI is InChI=1S/C13H18FNO3/c1-9(8-16)15(2)7-11-5-4-10(6-12(11)14)13(17)18-3/h4-6,9,16H,7-8H2,1-3H3. The largest absolute Gasteiger partial charge is 0.465 e. The summed E-state index contributed by atoms with van der Waals surface area (Å²) < 4.78 is 18.3. The molecule has 0 radical (unpaired) electrons. The average Bonchev–Trinajstić information content (AvgIpc) is 2.38. The van der Waals surface area contributed by atoms with Crippen molar-refractivity contribution in [1.82, 2.24) is 4.90 Å². The molecule has 1 rings (SSSR count). The SMILES string of the molecule is COC(=O)c1ccc(CN(C)C(C)CO)c(F)c1. The zero-order chi connectivity index (χ0) is 13.7. The van der Waals surface area contributed by atoms with Gasteiger partial charge in [-0.1, -0.05) is 6.07 Å². The van der Waals surface area contributed by atoms with Crippen LogP contribution in [-0.4, -0.2) is 42.8 Å². The first-order valence-electron chi connectivity index (χ1n) is 5.67. The van der Waals surface area contributed by atoms with E-state index in [1.807, 2.05) is 11.8 Å². The van der Waals surface area contributed by atoms with Crippen LogP contribution in [-0.2, 0) is 11.3 Å². The average molecular weight is 255 g/mol. The number of hydrogen-bond acceptors (Lipinski definition) is 4. The summed E-state index contributed by atoms with van der Waals surface area (Å²) in [5, 5.41) is 9.00. The Morgan fingerprint density at radius 2 is 2.22 bits per heavy atom. The van der Waals surface area contributed by atoms with Crippen LogP contribution in [0.3, 0.4) is 0 Å². The van der Waals surface area contributed by atoms with Gasteiger partial charge in [0.2, 0.25) is 0 Å². The molecule has 0 fully saturated rings. The number of halogens is 1. The van der Waals surface area contributed by atoms with Crippen LogP contribution >= 0.6 is 0 Å². The summed E-state index contributed by atoms with van der Waals surface area (Å²) in [6, 6.07) is 4.20. The Balaban J connectivity index is 2.83. The van der Waals surface area contributed by atoms with Gasteiger partial charge < -0.3 is 9.84 Å². The van der Waals surface area contributed by atoms with Crippen molar-refractivity contribution in [3.63, 3.8) is 0 Å². The molecule has 1 aromatic rings. The first-order chi connectivity index (χ1) is 8.49. The van der Waals surface area contributed by atoms with Crippen LogP contribution in [0.25, 0.3) is 0 Å². The van der Waals surface area contributed by atoms with Gasteiger partial charge in [-0.05, 0) is 26.1 Å². The van der Waals surface area contributed by atoms with E-state index in [0.29, 0.717) is 12.1 Å². The predicted octanol–water partition coefficient (Wildman–Crippen LogP) is 1.42. The molecule has 4 nitrogen and oxygen atoms in total. The number of nitrogens with zero attached hydrogens (tertiary/aromatic N) is 1. The molecule has 0 bridgehead atoms. The topological polar surface area (TPSA) is 49.8 Å². The molecule has 0 amide bonds. The second-order valence-corrected chi connectivity index (χ2v) is 4.24. The summed E-state index contributed by atoms with van der Waals surface area (Å²) in [5.74, 6) is -1.01. The maximum absolute atomic E-state index is 13.8. The van der Waals surface area contributed by atoms with Crippen LogP contribution in [0.5, 0.6) is 0 Å². The molecule has 5 heteroatoms. The molecule has 0 saturated heterocycles. The number of hydrogen-bond donors (Lipinski definition) is 1. The Hall–Kier alpha value is -1.46. The Bertz CT molecular complexity index is 423. The van der Waals surface area contributed by atoms with Crippen molar-refractivity contribution >= 4 is 5.97 Å². The van der Waals surface area contributed by atoms with Crippen molar-refractivity contribution in [3.8, 4) is 0 Å². The van der Waals surface area contributed by atoms with Crippen molar-refractivity contribution in [3.05, 3.63) is 35.1 Å². The highest BCUT2D eigenvalue weighted by Crippen LogP contribution is 2.14. The van der Waals surface area contributed by atoms with Crippen molar-refractivity contribution in [2.45, 2.75) is 19.5 Å². The van der Waals surface area contributed by atoms with E-state index in [1.54, 1.807) is 13.1 Å². The van der Waals surface area contributed by atoms with Gasteiger partial charge in [-0.3, -0.25) is 4.90 Å². The van der Waals surface area contributed by atoms with Crippen LogP contribution in [0.15, 0.2) is 18.2 Å². The number of aliphatic hydroxyl groups is 1. The van der Waals surface area contributed by atoms with Gasteiger partial charge in [0.25, 0.3) is 0 Å². The molecular weight excluding hydrogens is 237 g/mol. The monoisotopic (exact) mass is 255 g/mol. The molecule has 0 saturated carbocycles. The predicted molar refractivity (Wildman–Crippen MR) is 65.8 cm³/mol. The number of aliphatic hydroxyl groups excluding tert-OH is 1. The molecular formula is C13H18FNO3. The summed E-state index contributed by atoms with van der Waals surface area (Å²) in [4.78, 5) is 13.1. The fourth-order valence-electron chi connectivity index (χ4n) is 1.48. The second-order valence-electron chi connectivity index (χ2n) is 4.24. The number of likely N-dealkylation sites (N-methyl/N-ethyl adjacent to an activating group) is 1. The fourth-order valence-corrected chi connectivity index (χ4v) is 1.48. The van der Waals surface area contributed by atoms with Gasteiger partial charge in [0.15, 0.2) is 0 Å². The Kier molecular flexibility index (Phi) is 5.25. The van der Waals surface area contributed by atoms with Gasteiger partial charge >= 0.3 is 5.97 Å². The minimum atomic E-state index is -0.558. The van der Waals surface area contributed by atoms with Crippen LogP contribution < -0.4 is 0 Å². The quantitative estimate of drug-likeness (QED) is 0.809. The Labute approximate surface area is 106 Å². The zero-order valence-corrected chi connectivity index (χ0v) is 10.8. The highest BCUT2D eigenvalue weighted by molar-refractivity contribution is 5.89. The highest BCUT2D eigenvalue weighted by Gasteiger charge is 2.13. The molecule has 0 aliphatic rings. The van der Waals surface area contributed by atoms with Gasteiger partial charge in [0, 0.05) is 18.2 Å². The minimum absolute atomic E-state index is 0.0123. The molecule has 1 unspecified atom stereocenters. The van der Waals surface area contributed by atoms with E-state index in [-0.39, 0.29) is 18.2 Å². The van der Waals surface area contributed by atoms with Crippen molar-refractivity contribution in [2.24, 2.45) is 0 Å². The highest BCUT2D eigenvalue weighted by atomic mass is 19.1. The molecule has 0 aliphatic heterocycles. The molecule has 0 aliphatic carbocycles. The van der Waals surface area contributed by atoms with Gasteiger partial charge in [0.05, 0.1) is 19.3 Å². The molecule has 0 heterocycles. The second kappa shape index (κ2) is 6.47. The summed E-state index contributed by atoms with van der Waals surface area (Å²) in [7, 11) is 3.05. The van der Waals surface area contributed by atoms with Crippen LogP contribution in [0.2, 0.25) is 0 Å². The smallest absolute Gasteiger partial charge is 0.337 e. The van der Waals surface area contributed by atoms with E-state index >= 15 is 0 Å². The molecule has 100 valence electrons. The third-order valence-electron chi connectivity index (χ3n) is 2.91. The van der Waals surface area contributed by atoms with Gasteiger partial charge in [-0.25, -0.2) is 9.18 Å². The Morgan fingerprint density at radius 3 is 2.72 bits per heavy atom. The zero-order valence-electron chi connectivity index (χ0n) is 10.8. The number of ether oxygens (including phenoxy) is 1. The first-order valence-corrected chi connectivity index (χ1v) is 5.67. The molecule has 0 spiro atoms. The van der Waals surface area contributed by atoms with Crippen LogP contribution in [0.4, 0.5) is 4.39 Å². The number of carbonyl (C=O) groups is 1. The summed E-state index contributed by atoms with van der Waals surface area (Å²) in [6.07, 6.45) is 0. The van der Waals surface area contributed by atoms with Gasteiger partial charge in [0.1, 0.15) is 5.82 Å². The summed E-state index contributed by atoms with van der Waals surface area (Å²) in [6.45, 7) is 2.23. The molecule has 1 atom stereocenters. The van der Waals surface area contributed by atoms with E-state index in [4.69, 9.17) is 5.11 Å². The number of benzene rings is 1.